The molecule has 1 aromatic carbocycles. The number of hydrogen-bond donors (Lipinski definition) is 2. The lowest BCUT2D eigenvalue weighted by molar-refractivity contribution is -0.119. The van der Waals surface area contributed by atoms with Gasteiger partial charge in [-0.1, -0.05) is 18.5 Å². The lowest BCUT2D eigenvalue weighted by atomic mass is 10.3. The fourth-order valence-electron chi connectivity index (χ4n) is 1.26. The second-order valence-corrected chi connectivity index (χ2v) is 5.89. The summed E-state index contributed by atoms with van der Waals surface area (Å²) in [4.78, 5) is 11.0. The van der Waals surface area contributed by atoms with Crippen molar-refractivity contribution in [1.82, 2.24) is 10.0 Å². The van der Waals surface area contributed by atoms with E-state index in [1.807, 2.05) is 6.92 Å². The van der Waals surface area contributed by atoms with E-state index >= 15 is 0 Å². The van der Waals surface area contributed by atoms with Gasteiger partial charge in [0.25, 0.3) is 0 Å². The van der Waals surface area contributed by atoms with Crippen molar-refractivity contribution >= 4 is 27.5 Å². The minimum atomic E-state index is -3.94. The Hall–Kier alpha value is -1.18. The first-order valence-electron chi connectivity index (χ1n) is 5.58. The fourth-order valence-corrected chi connectivity index (χ4v) is 2.77. The lowest BCUT2D eigenvalue weighted by Gasteiger charge is -2.08. The summed E-state index contributed by atoms with van der Waals surface area (Å²) in [5.41, 5.74) is 0. The maximum absolute atomic E-state index is 12.8. The third-order valence-electron chi connectivity index (χ3n) is 2.18. The van der Waals surface area contributed by atoms with Gasteiger partial charge in [0.2, 0.25) is 15.9 Å². The van der Waals surface area contributed by atoms with Gasteiger partial charge in [-0.25, -0.2) is 17.5 Å². The Morgan fingerprint density at radius 3 is 2.68 bits per heavy atom. The zero-order chi connectivity index (χ0) is 14.5. The molecule has 0 heterocycles. The molecule has 19 heavy (non-hydrogen) atoms. The summed E-state index contributed by atoms with van der Waals surface area (Å²) in [5.74, 6) is -1.08. The first kappa shape index (κ1) is 15.9. The highest BCUT2D eigenvalue weighted by Gasteiger charge is 2.19. The monoisotopic (exact) mass is 308 g/mol. The standard InChI is InChI=1S/C11H14ClFN2O3S/c1-2-5-14-11(16)7-15-19(17,18)10-4-3-8(13)6-9(10)12/h3-4,6,15H,2,5,7H2,1H3,(H,14,16). The van der Waals surface area contributed by atoms with Crippen molar-refractivity contribution in [3.8, 4) is 0 Å². The molecule has 0 aromatic heterocycles. The molecule has 0 saturated carbocycles. The van der Waals surface area contributed by atoms with Crippen molar-refractivity contribution in [3.05, 3.63) is 29.0 Å². The second kappa shape index (κ2) is 6.83. The number of nitrogens with one attached hydrogen (secondary N) is 2. The molecule has 0 atom stereocenters. The minimum absolute atomic E-state index is 0.235. The number of amides is 1. The topological polar surface area (TPSA) is 75.3 Å². The number of halogens is 2. The molecule has 106 valence electrons. The van der Waals surface area contributed by atoms with Gasteiger partial charge in [-0.3, -0.25) is 4.79 Å². The predicted molar refractivity (Wildman–Crippen MR) is 69.9 cm³/mol. The van der Waals surface area contributed by atoms with Crippen LogP contribution in [-0.4, -0.2) is 27.4 Å². The molecule has 0 aliphatic heterocycles. The molecule has 8 heteroatoms. The van der Waals surface area contributed by atoms with E-state index in [-0.39, 0.29) is 9.92 Å². The summed E-state index contributed by atoms with van der Waals surface area (Å²) in [7, 11) is -3.94. The van der Waals surface area contributed by atoms with Crippen molar-refractivity contribution in [2.24, 2.45) is 0 Å². The zero-order valence-electron chi connectivity index (χ0n) is 10.2. The van der Waals surface area contributed by atoms with Crippen LogP contribution in [0.1, 0.15) is 13.3 Å². The van der Waals surface area contributed by atoms with Crippen LogP contribution in [0, 0.1) is 5.82 Å². The maximum atomic E-state index is 12.8. The highest BCUT2D eigenvalue weighted by molar-refractivity contribution is 7.89. The molecule has 2 N–H and O–H groups in total. The minimum Gasteiger partial charge on any atom is -0.355 e. The van der Waals surface area contributed by atoms with Gasteiger partial charge < -0.3 is 5.32 Å². The highest BCUT2D eigenvalue weighted by Crippen LogP contribution is 2.21. The Kier molecular flexibility index (Phi) is 5.71. The van der Waals surface area contributed by atoms with Gasteiger partial charge in [0, 0.05) is 6.54 Å². The molecule has 0 unspecified atom stereocenters. The number of hydrogen-bond acceptors (Lipinski definition) is 3. The maximum Gasteiger partial charge on any atom is 0.242 e. The third kappa shape index (κ3) is 4.77. The molecule has 1 amide bonds. The van der Waals surface area contributed by atoms with Gasteiger partial charge in [-0.15, -0.1) is 0 Å². The largest absolute Gasteiger partial charge is 0.355 e. The zero-order valence-corrected chi connectivity index (χ0v) is 11.8. The quantitative estimate of drug-likeness (QED) is 0.831. The molecule has 0 saturated heterocycles. The summed E-state index contributed by atoms with van der Waals surface area (Å²) in [6, 6.07) is 2.93. The summed E-state index contributed by atoms with van der Waals surface area (Å²) in [6.07, 6.45) is 0.752. The van der Waals surface area contributed by atoms with Crippen LogP contribution < -0.4 is 10.0 Å². The van der Waals surface area contributed by atoms with Crippen LogP contribution in [0.2, 0.25) is 5.02 Å². The van der Waals surface area contributed by atoms with Crippen LogP contribution >= 0.6 is 11.6 Å². The Bertz CT molecular complexity index is 563. The van der Waals surface area contributed by atoms with Crippen molar-refractivity contribution < 1.29 is 17.6 Å². The van der Waals surface area contributed by atoms with Crippen LogP contribution in [0.3, 0.4) is 0 Å². The Balaban J connectivity index is 2.73. The summed E-state index contributed by atoms with van der Waals surface area (Å²) < 4.78 is 38.6. The number of rotatable bonds is 6. The van der Waals surface area contributed by atoms with Crippen LogP contribution in [-0.2, 0) is 14.8 Å². The fraction of sp³-hybridized carbons (Fsp3) is 0.364. The van der Waals surface area contributed by atoms with Crippen LogP contribution in [0.15, 0.2) is 23.1 Å². The molecule has 0 fully saturated rings. The molecular weight excluding hydrogens is 295 g/mol. The molecular formula is C11H14ClFN2O3S. The first-order valence-corrected chi connectivity index (χ1v) is 7.44. The van der Waals surface area contributed by atoms with E-state index in [9.17, 15) is 17.6 Å². The van der Waals surface area contributed by atoms with Crippen molar-refractivity contribution in [3.63, 3.8) is 0 Å². The number of benzene rings is 1. The molecule has 0 aliphatic rings. The SMILES string of the molecule is CCCNC(=O)CNS(=O)(=O)c1ccc(F)cc1Cl. The average molecular weight is 309 g/mol. The van der Waals surface area contributed by atoms with E-state index < -0.39 is 28.3 Å². The van der Waals surface area contributed by atoms with Gasteiger partial charge >= 0.3 is 0 Å². The summed E-state index contributed by atoms with van der Waals surface area (Å²) in [5, 5.41) is 2.29. The Morgan fingerprint density at radius 1 is 1.42 bits per heavy atom. The number of sulfonamides is 1. The summed E-state index contributed by atoms with van der Waals surface area (Å²) in [6.45, 7) is 1.96. The first-order chi connectivity index (χ1) is 8.86. The predicted octanol–water partition coefficient (Wildman–Crippen LogP) is 1.28. The van der Waals surface area contributed by atoms with Gasteiger partial charge in [-0.2, -0.15) is 0 Å². The summed E-state index contributed by atoms with van der Waals surface area (Å²) >= 11 is 5.65. The number of carbonyl (C=O) groups is 1. The molecule has 0 radical (unpaired) electrons. The van der Waals surface area contributed by atoms with Gasteiger partial charge in [0.15, 0.2) is 0 Å². The molecule has 1 rings (SSSR count). The van der Waals surface area contributed by atoms with Crippen LogP contribution in [0.5, 0.6) is 0 Å². The Labute approximate surface area is 116 Å². The lowest BCUT2D eigenvalue weighted by Crippen LogP contribution is -2.37. The number of carbonyl (C=O) groups excluding carboxylic acids is 1. The van der Waals surface area contributed by atoms with E-state index in [2.05, 4.69) is 10.0 Å². The molecule has 0 spiro atoms. The normalized spacial score (nSPS) is 11.3. The highest BCUT2D eigenvalue weighted by atomic mass is 35.5. The van der Waals surface area contributed by atoms with Gasteiger partial charge in [0.1, 0.15) is 10.7 Å². The molecule has 5 nitrogen and oxygen atoms in total. The smallest absolute Gasteiger partial charge is 0.242 e. The molecule has 0 bridgehead atoms. The van der Waals surface area contributed by atoms with Crippen LogP contribution in [0.25, 0.3) is 0 Å². The van der Waals surface area contributed by atoms with Crippen LogP contribution in [0.4, 0.5) is 4.39 Å². The van der Waals surface area contributed by atoms with E-state index in [0.29, 0.717) is 6.54 Å². The van der Waals surface area contributed by atoms with E-state index in [1.54, 1.807) is 0 Å². The Morgan fingerprint density at radius 2 is 2.11 bits per heavy atom. The van der Waals surface area contributed by atoms with E-state index in [0.717, 1.165) is 24.6 Å². The van der Waals surface area contributed by atoms with Crippen molar-refractivity contribution in [2.75, 3.05) is 13.1 Å². The molecule has 1 aromatic rings. The van der Waals surface area contributed by atoms with Crippen molar-refractivity contribution in [2.45, 2.75) is 18.2 Å². The second-order valence-electron chi connectivity index (χ2n) is 3.75. The molecule has 0 aliphatic carbocycles. The third-order valence-corrected chi connectivity index (χ3v) is 4.06. The van der Waals surface area contributed by atoms with E-state index in [4.69, 9.17) is 11.6 Å². The van der Waals surface area contributed by atoms with Gasteiger partial charge in [-0.05, 0) is 24.6 Å². The van der Waals surface area contributed by atoms with Crippen molar-refractivity contribution in [1.29, 1.82) is 0 Å². The average Bonchev–Trinajstić information content (AvgIpc) is 2.33. The van der Waals surface area contributed by atoms with E-state index in [1.165, 1.54) is 0 Å². The van der Waals surface area contributed by atoms with Gasteiger partial charge in [0.05, 0.1) is 11.6 Å².